The van der Waals surface area contributed by atoms with Crippen LogP contribution in [0.15, 0.2) is 36.5 Å². The first-order valence-corrected chi connectivity index (χ1v) is 9.24. The van der Waals surface area contributed by atoms with Gasteiger partial charge in [-0.15, -0.1) is 0 Å². The minimum Gasteiger partial charge on any atom is -0.454 e. The molecule has 3 aromatic rings. The molecule has 0 aliphatic carbocycles. The predicted octanol–water partition coefficient (Wildman–Crippen LogP) is 2.81. The van der Waals surface area contributed by atoms with Crippen LogP contribution in [0.4, 0.5) is 0 Å². The third kappa shape index (κ3) is 2.61. The number of nitrogens with zero attached hydrogens (tertiary/aromatic N) is 4. The first-order valence-electron chi connectivity index (χ1n) is 9.24. The molecule has 0 N–H and O–H groups in total. The summed E-state index contributed by atoms with van der Waals surface area (Å²) in [6, 6.07) is 9.26. The lowest BCUT2D eigenvalue weighted by Crippen LogP contribution is -2.28. The van der Waals surface area contributed by atoms with Crippen molar-refractivity contribution in [1.82, 2.24) is 19.4 Å². The highest BCUT2D eigenvalue weighted by atomic mass is 16.7. The molecule has 1 saturated heterocycles. The van der Waals surface area contributed by atoms with Crippen LogP contribution in [-0.4, -0.2) is 45.2 Å². The van der Waals surface area contributed by atoms with Gasteiger partial charge in [-0.3, -0.25) is 4.79 Å². The summed E-state index contributed by atoms with van der Waals surface area (Å²) < 4.78 is 12.9. The van der Waals surface area contributed by atoms with E-state index in [0.29, 0.717) is 23.6 Å². The van der Waals surface area contributed by atoms with Crippen LogP contribution >= 0.6 is 0 Å². The largest absolute Gasteiger partial charge is 0.454 e. The van der Waals surface area contributed by atoms with Crippen molar-refractivity contribution in [3.05, 3.63) is 47.9 Å². The maximum absolute atomic E-state index is 12.9. The van der Waals surface area contributed by atoms with E-state index in [1.807, 2.05) is 17.0 Å². The van der Waals surface area contributed by atoms with Crippen molar-refractivity contribution in [1.29, 1.82) is 0 Å². The SMILES string of the molecule is CCn1c([C@@H]2CCN(C(=O)c3ccc4c(c3)OCO4)C2)nc2cccnc21. The summed E-state index contributed by atoms with van der Waals surface area (Å²) in [7, 11) is 0. The molecule has 7 heteroatoms. The number of hydrogen-bond acceptors (Lipinski definition) is 5. The molecule has 7 nitrogen and oxygen atoms in total. The molecule has 1 atom stereocenters. The van der Waals surface area contributed by atoms with Gasteiger partial charge in [-0.2, -0.15) is 0 Å². The van der Waals surface area contributed by atoms with Crippen molar-refractivity contribution >= 4 is 17.1 Å². The minimum atomic E-state index is 0.0214. The predicted molar refractivity (Wildman–Crippen MR) is 99.0 cm³/mol. The van der Waals surface area contributed by atoms with E-state index in [9.17, 15) is 4.79 Å². The Morgan fingerprint density at radius 1 is 1.26 bits per heavy atom. The number of fused-ring (bicyclic) bond motifs is 2. The summed E-state index contributed by atoms with van der Waals surface area (Å²) in [6.45, 7) is 4.51. The minimum absolute atomic E-state index is 0.0214. The molecule has 0 radical (unpaired) electrons. The van der Waals surface area contributed by atoms with Crippen LogP contribution in [0.3, 0.4) is 0 Å². The number of aryl methyl sites for hydroxylation is 1. The molecule has 0 bridgehead atoms. The second kappa shape index (κ2) is 6.26. The van der Waals surface area contributed by atoms with E-state index >= 15 is 0 Å². The molecule has 1 amide bonds. The Hall–Kier alpha value is -3.09. The number of pyridine rings is 1. The fourth-order valence-electron chi connectivity index (χ4n) is 3.97. The topological polar surface area (TPSA) is 69.5 Å². The standard InChI is InChI=1S/C20H20N4O3/c1-2-24-18(22-15-4-3-8-21-19(15)24)14-7-9-23(11-14)20(25)13-5-6-16-17(10-13)27-12-26-16/h3-6,8,10,14H,2,7,9,11-12H2,1H3/t14-/m1/s1. The van der Waals surface area contributed by atoms with Crippen LogP contribution in [0, 0.1) is 0 Å². The number of ether oxygens (including phenoxy) is 2. The molecule has 2 aliphatic rings. The second-order valence-corrected chi connectivity index (χ2v) is 6.87. The molecule has 2 aromatic heterocycles. The van der Waals surface area contributed by atoms with Crippen molar-refractivity contribution in [2.75, 3.05) is 19.9 Å². The summed E-state index contributed by atoms with van der Waals surface area (Å²) in [4.78, 5) is 24.1. The van der Waals surface area contributed by atoms with Gasteiger partial charge in [0.1, 0.15) is 11.3 Å². The van der Waals surface area contributed by atoms with Crippen LogP contribution in [0.1, 0.15) is 35.4 Å². The number of benzene rings is 1. The van der Waals surface area contributed by atoms with Gasteiger partial charge in [0, 0.05) is 37.3 Å². The van der Waals surface area contributed by atoms with Gasteiger partial charge in [0.15, 0.2) is 17.1 Å². The van der Waals surface area contributed by atoms with Crippen molar-refractivity contribution in [3.8, 4) is 11.5 Å². The molecule has 4 heterocycles. The van der Waals surface area contributed by atoms with Crippen molar-refractivity contribution in [2.24, 2.45) is 0 Å². The van der Waals surface area contributed by atoms with E-state index < -0.39 is 0 Å². The number of hydrogen-bond donors (Lipinski definition) is 0. The monoisotopic (exact) mass is 364 g/mol. The highest BCUT2D eigenvalue weighted by Gasteiger charge is 2.32. The molecule has 0 saturated carbocycles. The zero-order chi connectivity index (χ0) is 18.4. The number of aromatic nitrogens is 3. The summed E-state index contributed by atoms with van der Waals surface area (Å²) in [5, 5.41) is 0. The molecule has 0 spiro atoms. The molecule has 1 aromatic carbocycles. The third-order valence-electron chi connectivity index (χ3n) is 5.31. The average Bonchev–Trinajstić information content (AvgIpc) is 3.43. The first kappa shape index (κ1) is 16.1. The molecule has 27 heavy (non-hydrogen) atoms. The summed E-state index contributed by atoms with van der Waals surface area (Å²) in [6.07, 6.45) is 2.70. The fourth-order valence-corrected chi connectivity index (χ4v) is 3.97. The summed E-state index contributed by atoms with van der Waals surface area (Å²) >= 11 is 0. The van der Waals surface area contributed by atoms with E-state index in [1.54, 1.807) is 24.4 Å². The zero-order valence-electron chi connectivity index (χ0n) is 15.1. The van der Waals surface area contributed by atoms with Gasteiger partial charge in [-0.05, 0) is 43.7 Å². The summed E-state index contributed by atoms with van der Waals surface area (Å²) in [5.74, 6) is 2.59. The van der Waals surface area contributed by atoms with E-state index in [2.05, 4.69) is 16.5 Å². The van der Waals surface area contributed by atoms with E-state index in [1.165, 1.54) is 0 Å². The number of carbonyl (C=O) groups is 1. The summed E-state index contributed by atoms with van der Waals surface area (Å²) in [5.41, 5.74) is 2.45. The van der Waals surface area contributed by atoms with Crippen LogP contribution in [0.25, 0.3) is 11.2 Å². The van der Waals surface area contributed by atoms with Crippen molar-refractivity contribution in [2.45, 2.75) is 25.8 Å². The third-order valence-corrected chi connectivity index (χ3v) is 5.31. The van der Waals surface area contributed by atoms with Crippen molar-refractivity contribution in [3.63, 3.8) is 0 Å². The number of rotatable bonds is 3. The number of amides is 1. The normalized spacial score (nSPS) is 18.4. The Balaban J connectivity index is 1.39. The smallest absolute Gasteiger partial charge is 0.254 e. The Morgan fingerprint density at radius 2 is 2.15 bits per heavy atom. The number of imidazole rings is 1. The quantitative estimate of drug-likeness (QED) is 0.715. The van der Waals surface area contributed by atoms with Crippen LogP contribution < -0.4 is 9.47 Å². The Morgan fingerprint density at radius 3 is 3.04 bits per heavy atom. The lowest BCUT2D eigenvalue weighted by molar-refractivity contribution is 0.0790. The number of carbonyl (C=O) groups excluding carboxylic acids is 1. The van der Waals surface area contributed by atoms with E-state index in [0.717, 1.165) is 36.5 Å². The molecule has 0 unspecified atom stereocenters. The maximum Gasteiger partial charge on any atom is 0.254 e. The first-order chi connectivity index (χ1) is 13.2. The lowest BCUT2D eigenvalue weighted by Gasteiger charge is -2.17. The Kier molecular flexibility index (Phi) is 3.74. The number of likely N-dealkylation sites (tertiary alicyclic amines) is 1. The van der Waals surface area contributed by atoms with Crippen LogP contribution in [0.5, 0.6) is 11.5 Å². The highest BCUT2D eigenvalue weighted by molar-refractivity contribution is 5.95. The average molecular weight is 364 g/mol. The van der Waals surface area contributed by atoms with Gasteiger partial charge >= 0.3 is 0 Å². The van der Waals surface area contributed by atoms with Gasteiger partial charge in [-0.25, -0.2) is 9.97 Å². The van der Waals surface area contributed by atoms with Crippen LogP contribution in [-0.2, 0) is 6.54 Å². The fraction of sp³-hybridized carbons (Fsp3) is 0.350. The van der Waals surface area contributed by atoms with E-state index in [-0.39, 0.29) is 18.6 Å². The van der Waals surface area contributed by atoms with E-state index in [4.69, 9.17) is 14.5 Å². The second-order valence-electron chi connectivity index (χ2n) is 6.87. The zero-order valence-corrected chi connectivity index (χ0v) is 15.1. The lowest BCUT2D eigenvalue weighted by atomic mass is 10.1. The van der Waals surface area contributed by atoms with Gasteiger partial charge in [0.2, 0.25) is 6.79 Å². The van der Waals surface area contributed by atoms with Gasteiger partial charge in [0.05, 0.1) is 0 Å². The molecule has 2 aliphatic heterocycles. The molecular formula is C20H20N4O3. The Bertz CT molecular complexity index is 1030. The molecule has 5 rings (SSSR count). The van der Waals surface area contributed by atoms with Gasteiger partial charge in [-0.1, -0.05) is 0 Å². The molecule has 138 valence electrons. The maximum atomic E-state index is 12.9. The molecular weight excluding hydrogens is 344 g/mol. The highest BCUT2D eigenvalue weighted by Crippen LogP contribution is 2.34. The van der Waals surface area contributed by atoms with Gasteiger partial charge in [0.25, 0.3) is 5.91 Å². The van der Waals surface area contributed by atoms with Crippen molar-refractivity contribution < 1.29 is 14.3 Å². The molecule has 1 fully saturated rings. The van der Waals surface area contributed by atoms with Gasteiger partial charge < -0.3 is 18.9 Å². The van der Waals surface area contributed by atoms with Crippen LogP contribution in [0.2, 0.25) is 0 Å². The Labute approximate surface area is 156 Å².